The number of anilines is 1. The second-order valence-electron chi connectivity index (χ2n) is 6.33. The van der Waals surface area contributed by atoms with Crippen LogP contribution in [0, 0.1) is 6.92 Å². The first-order valence-corrected chi connectivity index (χ1v) is 8.71. The van der Waals surface area contributed by atoms with Gasteiger partial charge < -0.3 is 9.72 Å². The monoisotopic (exact) mass is 355 g/mol. The molecule has 0 spiro atoms. The van der Waals surface area contributed by atoms with Crippen LogP contribution in [-0.2, 0) is 6.54 Å². The van der Waals surface area contributed by atoms with Gasteiger partial charge in [0.05, 0.1) is 29.5 Å². The van der Waals surface area contributed by atoms with E-state index in [0.717, 1.165) is 39.6 Å². The maximum absolute atomic E-state index is 4.66. The lowest BCUT2D eigenvalue weighted by Gasteiger charge is -2.05. The summed E-state index contributed by atoms with van der Waals surface area (Å²) < 4.78 is 3.90. The summed E-state index contributed by atoms with van der Waals surface area (Å²) in [4.78, 5) is 13.5. The van der Waals surface area contributed by atoms with Crippen LogP contribution in [0.4, 0.5) is 5.82 Å². The minimum Gasteiger partial charge on any atom is -0.364 e. The van der Waals surface area contributed by atoms with Gasteiger partial charge in [-0.3, -0.25) is 0 Å². The first-order chi connectivity index (χ1) is 13.3. The molecule has 7 nitrogen and oxygen atoms in total. The number of benzene rings is 1. The van der Waals surface area contributed by atoms with Gasteiger partial charge in [-0.1, -0.05) is 24.3 Å². The van der Waals surface area contributed by atoms with Crippen molar-refractivity contribution in [1.29, 1.82) is 0 Å². The quantitative estimate of drug-likeness (QED) is 0.535. The summed E-state index contributed by atoms with van der Waals surface area (Å²) in [6.07, 6.45) is 5.39. The third-order valence-corrected chi connectivity index (χ3v) is 4.55. The number of hydrogen-bond acceptors (Lipinski definition) is 5. The number of nitrogens with one attached hydrogen (secondary N) is 1. The Balaban J connectivity index is 1.46. The number of para-hydroxylation sites is 1. The van der Waals surface area contributed by atoms with E-state index in [0.29, 0.717) is 6.54 Å². The van der Waals surface area contributed by atoms with Gasteiger partial charge in [0.25, 0.3) is 0 Å². The van der Waals surface area contributed by atoms with Crippen molar-refractivity contribution in [1.82, 2.24) is 29.1 Å². The fourth-order valence-corrected chi connectivity index (χ4v) is 3.20. The molecular formula is C20H17N7. The largest absolute Gasteiger partial charge is 0.364 e. The summed E-state index contributed by atoms with van der Waals surface area (Å²) in [6.45, 7) is 2.64. The Morgan fingerprint density at radius 2 is 1.89 bits per heavy atom. The first-order valence-electron chi connectivity index (χ1n) is 8.71. The Bertz CT molecular complexity index is 1240. The minimum absolute atomic E-state index is 0.573. The average Bonchev–Trinajstić information content (AvgIpc) is 3.32. The van der Waals surface area contributed by atoms with E-state index in [-0.39, 0.29) is 0 Å². The Kier molecular flexibility index (Phi) is 3.57. The number of nitrogens with zero attached hydrogens (tertiary/aromatic N) is 6. The summed E-state index contributed by atoms with van der Waals surface area (Å²) in [5.74, 6) is 0.746. The normalized spacial score (nSPS) is 11.3. The number of imidazole rings is 1. The molecular weight excluding hydrogens is 338 g/mol. The van der Waals surface area contributed by atoms with E-state index in [4.69, 9.17) is 0 Å². The highest BCUT2D eigenvalue weighted by Gasteiger charge is 2.11. The molecule has 4 heterocycles. The zero-order valence-corrected chi connectivity index (χ0v) is 14.7. The highest BCUT2D eigenvalue weighted by molar-refractivity contribution is 5.87. The Labute approximate surface area is 155 Å². The van der Waals surface area contributed by atoms with Crippen molar-refractivity contribution in [2.24, 2.45) is 0 Å². The summed E-state index contributed by atoms with van der Waals surface area (Å²) in [6, 6.07) is 16.0. The van der Waals surface area contributed by atoms with Gasteiger partial charge in [-0.25, -0.2) is 19.6 Å². The molecule has 5 rings (SSSR count). The van der Waals surface area contributed by atoms with Crippen molar-refractivity contribution in [2.45, 2.75) is 13.5 Å². The summed E-state index contributed by atoms with van der Waals surface area (Å²) in [5.41, 5.74) is 4.78. The SMILES string of the molecule is Cc1cccc2nc(CNc3ncnc4c3cnn4-c3ccccc3)cn12. The highest BCUT2D eigenvalue weighted by Crippen LogP contribution is 2.22. The zero-order chi connectivity index (χ0) is 18.2. The van der Waals surface area contributed by atoms with Crippen LogP contribution in [0.1, 0.15) is 11.4 Å². The van der Waals surface area contributed by atoms with E-state index in [1.807, 2.05) is 53.3 Å². The van der Waals surface area contributed by atoms with Gasteiger partial charge in [0, 0.05) is 11.9 Å². The van der Waals surface area contributed by atoms with E-state index in [9.17, 15) is 0 Å². The number of rotatable bonds is 4. The number of aromatic nitrogens is 6. The van der Waals surface area contributed by atoms with Gasteiger partial charge in [0.15, 0.2) is 5.65 Å². The van der Waals surface area contributed by atoms with Crippen LogP contribution < -0.4 is 5.32 Å². The molecule has 0 aliphatic rings. The molecule has 0 amide bonds. The maximum Gasteiger partial charge on any atom is 0.168 e. The number of aryl methyl sites for hydroxylation is 1. The lowest BCUT2D eigenvalue weighted by atomic mass is 10.3. The number of pyridine rings is 1. The molecule has 0 aliphatic heterocycles. The molecule has 0 saturated carbocycles. The van der Waals surface area contributed by atoms with E-state index in [1.54, 1.807) is 12.5 Å². The molecule has 4 aromatic heterocycles. The Morgan fingerprint density at radius 3 is 2.74 bits per heavy atom. The smallest absolute Gasteiger partial charge is 0.168 e. The van der Waals surface area contributed by atoms with Crippen LogP contribution in [0.5, 0.6) is 0 Å². The molecule has 1 aromatic carbocycles. The molecule has 1 N–H and O–H groups in total. The van der Waals surface area contributed by atoms with Crippen molar-refractivity contribution >= 4 is 22.5 Å². The lowest BCUT2D eigenvalue weighted by molar-refractivity contribution is 0.895. The molecule has 0 fully saturated rings. The molecule has 0 aliphatic carbocycles. The van der Waals surface area contributed by atoms with Crippen molar-refractivity contribution in [3.63, 3.8) is 0 Å². The van der Waals surface area contributed by atoms with Crippen LogP contribution in [-0.4, -0.2) is 29.1 Å². The molecule has 132 valence electrons. The summed E-state index contributed by atoms with van der Waals surface area (Å²) in [5, 5.41) is 8.73. The van der Waals surface area contributed by atoms with Crippen molar-refractivity contribution in [3.05, 3.63) is 78.6 Å². The van der Waals surface area contributed by atoms with Gasteiger partial charge in [-0.05, 0) is 31.2 Å². The second kappa shape index (κ2) is 6.21. The van der Waals surface area contributed by atoms with Gasteiger partial charge in [-0.2, -0.15) is 5.10 Å². The Morgan fingerprint density at radius 1 is 1.00 bits per heavy atom. The third-order valence-electron chi connectivity index (χ3n) is 4.55. The van der Waals surface area contributed by atoms with Gasteiger partial charge in [0.2, 0.25) is 0 Å². The third kappa shape index (κ3) is 2.69. The lowest BCUT2D eigenvalue weighted by Crippen LogP contribution is -2.03. The van der Waals surface area contributed by atoms with Crippen LogP contribution in [0.25, 0.3) is 22.4 Å². The van der Waals surface area contributed by atoms with Gasteiger partial charge >= 0.3 is 0 Å². The molecule has 27 heavy (non-hydrogen) atoms. The van der Waals surface area contributed by atoms with Crippen molar-refractivity contribution < 1.29 is 0 Å². The molecule has 0 saturated heterocycles. The number of hydrogen-bond donors (Lipinski definition) is 1. The van der Waals surface area contributed by atoms with Crippen LogP contribution >= 0.6 is 0 Å². The van der Waals surface area contributed by atoms with Crippen LogP contribution in [0.15, 0.2) is 67.3 Å². The molecule has 0 bridgehead atoms. The summed E-state index contributed by atoms with van der Waals surface area (Å²) in [7, 11) is 0. The second-order valence-corrected chi connectivity index (χ2v) is 6.33. The molecule has 7 heteroatoms. The predicted octanol–water partition coefficient (Wildman–Crippen LogP) is 3.38. The van der Waals surface area contributed by atoms with E-state index in [1.165, 1.54) is 0 Å². The number of fused-ring (bicyclic) bond motifs is 2. The zero-order valence-electron chi connectivity index (χ0n) is 14.7. The van der Waals surface area contributed by atoms with Gasteiger partial charge in [-0.15, -0.1) is 0 Å². The van der Waals surface area contributed by atoms with Crippen LogP contribution in [0.2, 0.25) is 0 Å². The first kappa shape index (κ1) is 15.5. The molecule has 5 aromatic rings. The average molecular weight is 355 g/mol. The Hall–Kier alpha value is -3.74. The van der Waals surface area contributed by atoms with Crippen molar-refractivity contribution in [2.75, 3.05) is 5.32 Å². The van der Waals surface area contributed by atoms with E-state index in [2.05, 4.69) is 42.8 Å². The highest BCUT2D eigenvalue weighted by atomic mass is 15.3. The molecule has 0 atom stereocenters. The van der Waals surface area contributed by atoms with Crippen molar-refractivity contribution in [3.8, 4) is 5.69 Å². The molecule has 0 radical (unpaired) electrons. The summed E-state index contributed by atoms with van der Waals surface area (Å²) >= 11 is 0. The minimum atomic E-state index is 0.573. The maximum atomic E-state index is 4.66. The standard InChI is InChI=1S/C20H17N7/c1-14-6-5-9-18-25-15(12-26(14)18)10-21-19-17-11-24-27(20(17)23-13-22-19)16-7-3-2-4-8-16/h2-9,11-13H,10H2,1H3,(H,21,22,23). The van der Waals surface area contributed by atoms with E-state index >= 15 is 0 Å². The fraction of sp³-hybridized carbons (Fsp3) is 0.100. The predicted molar refractivity (Wildman–Crippen MR) is 104 cm³/mol. The van der Waals surface area contributed by atoms with E-state index < -0.39 is 0 Å². The fourth-order valence-electron chi connectivity index (χ4n) is 3.20. The topological polar surface area (TPSA) is 72.9 Å². The molecule has 0 unspecified atom stereocenters. The van der Waals surface area contributed by atoms with Crippen LogP contribution in [0.3, 0.4) is 0 Å². The van der Waals surface area contributed by atoms with Gasteiger partial charge in [0.1, 0.15) is 17.8 Å².